The Hall–Kier alpha value is -2.97. The van der Waals surface area contributed by atoms with Gasteiger partial charge in [-0.25, -0.2) is 0 Å². The number of aryl methyl sites for hydroxylation is 2. The Morgan fingerprint density at radius 3 is 2.50 bits per heavy atom. The Morgan fingerprint density at radius 2 is 1.81 bits per heavy atom. The molecule has 0 atom stereocenters. The van der Waals surface area contributed by atoms with E-state index >= 15 is 0 Å². The van der Waals surface area contributed by atoms with Crippen LogP contribution < -0.4 is 10.2 Å². The summed E-state index contributed by atoms with van der Waals surface area (Å²) in [6.07, 6.45) is 0.311. The first-order valence-electron chi connectivity index (χ1n) is 11.0. The third-order valence-electron chi connectivity index (χ3n) is 5.96. The van der Waals surface area contributed by atoms with Crippen LogP contribution in [0, 0.1) is 18.6 Å². The van der Waals surface area contributed by atoms with Gasteiger partial charge in [0, 0.05) is 56.1 Å². The molecule has 7 nitrogen and oxygen atoms in total. The summed E-state index contributed by atoms with van der Waals surface area (Å²) in [5, 5.41) is 10.2. The van der Waals surface area contributed by atoms with E-state index in [2.05, 4.69) is 45.4 Å². The lowest BCUT2D eigenvalue weighted by atomic mass is 10.1. The molecule has 1 fully saturated rings. The highest BCUT2D eigenvalue weighted by Crippen LogP contribution is 2.25. The van der Waals surface area contributed by atoms with E-state index in [0.717, 1.165) is 43.3 Å². The normalized spacial score (nSPS) is 14.5. The molecule has 0 spiro atoms. The van der Waals surface area contributed by atoms with Gasteiger partial charge in [0.25, 0.3) is 0 Å². The number of carbonyl (C=O) groups is 1. The third-order valence-corrected chi connectivity index (χ3v) is 6.27. The van der Waals surface area contributed by atoms with Crippen molar-refractivity contribution < 1.29 is 4.79 Å². The van der Waals surface area contributed by atoms with Crippen molar-refractivity contribution >= 4 is 29.5 Å². The summed E-state index contributed by atoms with van der Waals surface area (Å²) in [4.78, 5) is 17.4. The van der Waals surface area contributed by atoms with Crippen molar-refractivity contribution in [3.8, 4) is 11.4 Å². The largest absolute Gasteiger partial charge is 0.369 e. The minimum Gasteiger partial charge on any atom is -0.369 e. The quantitative estimate of drug-likeness (QED) is 0.556. The SMILES string of the molecule is Cc1ccc(-c2n[nH]c(=S)n2CCC(=O)Nc2ccc(N3CCN(C)CC3)c(C)c2)cc1. The fourth-order valence-corrected chi connectivity index (χ4v) is 4.24. The van der Waals surface area contributed by atoms with Crippen LogP contribution in [0.4, 0.5) is 11.4 Å². The highest BCUT2D eigenvalue weighted by molar-refractivity contribution is 7.71. The summed E-state index contributed by atoms with van der Waals surface area (Å²) >= 11 is 5.39. The molecule has 1 amide bonds. The summed E-state index contributed by atoms with van der Waals surface area (Å²) < 4.78 is 2.39. The number of hydrogen-bond donors (Lipinski definition) is 2. The van der Waals surface area contributed by atoms with Crippen molar-refractivity contribution in [2.24, 2.45) is 0 Å². The van der Waals surface area contributed by atoms with Gasteiger partial charge < -0.3 is 15.1 Å². The summed E-state index contributed by atoms with van der Waals surface area (Å²) in [5.41, 5.74) is 5.38. The number of hydrogen-bond acceptors (Lipinski definition) is 5. The Bertz CT molecular complexity index is 1140. The van der Waals surface area contributed by atoms with Crippen LogP contribution in [-0.2, 0) is 11.3 Å². The van der Waals surface area contributed by atoms with Crippen molar-refractivity contribution in [1.82, 2.24) is 19.7 Å². The molecule has 32 heavy (non-hydrogen) atoms. The topological polar surface area (TPSA) is 69.2 Å². The van der Waals surface area contributed by atoms with Crippen molar-refractivity contribution in [1.29, 1.82) is 0 Å². The second-order valence-corrected chi connectivity index (χ2v) is 8.85. The fourth-order valence-electron chi connectivity index (χ4n) is 4.02. The number of benzene rings is 2. The summed E-state index contributed by atoms with van der Waals surface area (Å²) in [7, 11) is 2.16. The van der Waals surface area contributed by atoms with Gasteiger partial charge >= 0.3 is 0 Å². The van der Waals surface area contributed by atoms with Gasteiger partial charge in [-0.15, -0.1) is 0 Å². The van der Waals surface area contributed by atoms with E-state index < -0.39 is 0 Å². The van der Waals surface area contributed by atoms with E-state index in [1.807, 2.05) is 47.9 Å². The van der Waals surface area contributed by atoms with E-state index in [-0.39, 0.29) is 5.91 Å². The number of nitrogens with zero attached hydrogens (tertiary/aromatic N) is 4. The van der Waals surface area contributed by atoms with E-state index in [1.54, 1.807) is 0 Å². The van der Waals surface area contributed by atoms with Gasteiger partial charge in [-0.2, -0.15) is 5.10 Å². The molecule has 1 aliphatic heterocycles. The molecule has 0 radical (unpaired) electrons. The van der Waals surface area contributed by atoms with Gasteiger partial charge in [-0.3, -0.25) is 14.5 Å². The van der Waals surface area contributed by atoms with Crippen LogP contribution in [0.3, 0.4) is 0 Å². The number of aromatic nitrogens is 3. The van der Waals surface area contributed by atoms with Crippen LogP contribution in [0.15, 0.2) is 42.5 Å². The van der Waals surface area contributed by atoms with E-state index in [0.29, 0.717) is 17.7 Å². The molecule has 2 aromatic carbocycles. The Kier molecular flexibility index (Phi) is 6.72. The van der Waals surface area contributed by atoms with Crippen LogP contribution in [-0.4, -0.2) is 58.8 Å². The molecule has 4 rings (SSSR count). The van der Waals surface area contributed by atoms with E-state index in [9.17, 15) is 4.79 Å². The zero-order valence-corrected chi connectivity index (χ0v) is 19.7. The van der Waals surface area contributed by atoms with Crippen LogP contribution in [0.2, 0.25) is 0 Å². The number of nitrogens with one attached hydrogen (secondary N) is 2. The smallest absolute Gasteiger partial charge is 0.226 e. The molecule has 1 aromatic heterocycles. The van der Waals surface area contributed by atoms with Crippen LogP contribution in [0.5, 0.6) is 0 Å². The van der Waals surface area contributed by atoms with E-state index in [1.165, 1.54) is 16.8 Å². The monoisotopic (exact) mass is 450 g/mol. The number of carbonyl (C=O) groups excluding carboxylic acids is 1. The molecule has 0 bridgehead atoms. The molecule has 2 N–H and O–H groups in total. The van der Waals surface area contributed by atoms with Crippen molar-refractivity contribution in [2.45, 2.75) is 26.8 Å². The van der Waals surface area contributed by atoms with Gasteiger partial charge in [-0.05, 0) is 56.9 Å². The molecular weight excluding hydrogens is 420 g/mol. The number of piperazine rings is 1. The number of rotatable bonds is 6. The van der Waals surface area contributed by atoms with Gasteiger partial charge in [0.2, 0.25) is 5.91 Å². The van der Waals surface area contributed by atoms with Gasteiger partial charge in [-0.1, -0.05) is 29.8 Å². The first-order valence-corrected chi connectivity index (χ1v) is 11.4. The maximum Gasteiger partial charge on any atom is 0.226 e. The number of amides is 1. The Morgan fingerprint density at radius 1 is 1.09 bits per heavy atom. The summed E-state index contributed by atoms with van der Waals surface area (Å²) in [5.74, 6) is 0.699. The number of anilines is 2. The molecule has 168 valence electrons. The molecule has 0 aliphatic carbocycles. The molecule has 1 aliphatic rings. The highest BCUT2D eigenvalue weighted by Gasteiger charge is 2.16. The molecule has 1 saturated heterocycles. The molecule has 3 aromatic rings. The lowest BCUT2D eigenvalue weighted by molar-refractivity contribution is -0.116. The third kappa shape index (κ3) is 5.08. The minimum absolute atomic E-state index is 0.0466. The molecule has 2 heterocycles. The zero-order valence-electron chi connectivity index (χ0n) is 18.9. The lowest BCUT2D eigenvalue weighted by Gasteiger charge is -2.35. The molecular formula is C24H30N6OS. The van der Waals surface area contributed by atoms with Gasteiger partial charge in [0.15, 0.2) is 10.6 Å². The molecule has 0 saturated carbocycles. The van der Waals surface area contributed by atoms with Crippen molar-refractivity contribution in [3.05, 3.63) is 58.4 Å². The molecule has 8 heteroatoms. The Balaban J connectivity index is 1.39. The predicted octanol–water partition coefficient (Wildman–Crippen LogP) is 4.01. The van der Waals surface area contributed by atoms with E-state index in [4.69, 9.17) is 12.2 Å². The maximum atomic E-state index is 12.6. The van der Waals surface area contributed by atoms with Gasteiger partial charge in [0.1, 0.15) is 0 Å². The lowest BCUT2D eigenvalue weighted by Crippen LogP contribution is -2.44. The van der Waals surface area contributed by atoms with Crippen molar-refractivity contribution in [2.75, 3.05) is 43.4 Å². The fraction of sp³-hybridized carbons (Fsp3) is 0.375. The second-order valence-electron chi connectivity index (χ2n) is 8.46. The van der Waals surface area contributed by atoms with Gasteiger partial charge in [0.05, 0.1) is 0 Å². The standard InChI is InChI=1S/C24H30N6OS/c1-17-4-6-19(7-5-17)23-26-27-24(32)30(23)11-10-22(31)25-20-8-9-21(18(2)16-20)29-14-12-28(3)13-15-29/h4-9,16H,10-15H2,1-3H3,(H,25,31)(H,27,32). The highest BCUT2D eigenvalue weighted by atomic mass is 32.1. The first-order chi connectivity index (χ1) is 15.4. The summed E-state index contributed by atoms with van der Waals surface area (Å²) in [6, 6.07) is 14.3. The molecule has 0 unspecified atom stereocenters. The van der Waals surface area contributed by atoms with Crippen LogP contribution in [0.1, 0.15) is 17.5 Å². The maximum absolute atomic E-state index is 12.6. The predicted molar refractivity (Wildman–Crippen MR) is 132 cm³/mol. The average Bonchev–Trinajstić information content (AvgIpc) is 3.14. The van der Waals surface area contributed by atoms with Crippen LogP contribution >= 0.6 is 12.2 Å². The summed E-state index contributed by atoms with van der Waals surface area (Å²) in [6.45, 7) is 8.79. The Labute approximate surface area is 194 Å². The average molecular weight is 451 g/mol. The zero-order chi connectivity index (χ0) is 22.7. The van der Waals surface area contributed by atoms with Crippen LogP contribution in [0.25, 0.3) is 11.4 Å². The van der Waals surface area contributed by atoms with Crippen molar-refractivity contribution in [3.63, 3.8) is 0 Å². The second kappa shape index (κ2) is 9.67. The number of H-pyrrole nitrogens is 1. The number of aromatic amines is 1. The minimum atomic E-state index is -0.0466. The first kappa shape index (κ1) is 22.2. The number of likely N-dealkylation sites (N-methyl/N-ethyl adjacent to an activating group) is 1.